The number of hydrogen-bond donors (Lipinski definition) is 1. The zero-order chi connectivity index (χ0) is 13.9. The van der Waals surface area contributed by atoms with E-state index in [9.17, 15) is 0 Å². The molecule has 0 aromatic carbocycles. The molecule has 0 bridgehead atoms. The van der Waals surface area contributed by atoms with Crippen molar-refractivity contribution in [3.05, 3.63) is 30.6 Å². The maximum atomic E-state index is 4.65. The number of hydrogen-bond acceptors (Lipinski definition) is 3. The highest BCUT2D eigenvalue weighted by Crippen LogP contribution is 2.32. The zero-order valence-corrected chi connectivity index (χ0v) is 12.3. The van der Waals surface area contributed by atoms with Crippen LogP contribution in [0.25, 0.3) is 0 Å². The monoisotopic (exact) mass is 273 g/mol. The van der Waals surface area contributed by atoms with E-state index in [4.69, 9.17) is 0 Å². The topological polar surface area (TPSA) is 47.7 Å². The van der Waals surface area contributed by atoms with Gasteiger partial charge < -0.3 is 14.5 Å². The average Bonchev–Trinajstić information content (AvgIpc) is 3.10. The Bertz CT molecular complexity index is 537. The lowest BCUT2D eigenvalue weighted by Crippen LogP contribution is -2.24. The predicted octanol–water partition coefficient (Wildman–Crippen LogP) is 3.00. The van der Waals surface area contributed by atoms with Gasteiger partial charge in [0.2, 0.25) is 5.95 Å². The van der Waals surface area contributed by atoms with Gasteiger partial charge in [0.15, 0.2) is 0 Å². The quantitative estimate of drug-likeness (QED) is 0.911. The molecule has 1 unspecified atom stereocenters. The molecule has 108 valence electrons. The molecule has 1 fully saturated rings. The number of nitrogens with one attached hydrogen (secondary N) is 1. The van der Waals surface area contributed by atoms with Crippen LogP contribution in [0.2, 0.25) is 0 Å². The average molecular weight is 273 g/mol. The summed E-state index contributed by atoms with van der Waals surface area (Å²) < 4.78 is 4.43. The Morgan fingerprint density at radius 1 is 1.40 bits per heavy atom. The molecule has 0 radical (unpaired) electrons. The summed E-state index contributed by atoms with van der Waals surface area (Å²) >= 11 is 0. The van der Waals surface area contributed by atoms with Gasteiger partial charge in [-0.2, -0.15) is 0 Å². The molecule has 2 heterocycles. The lowest BCUT2D eigenvalue weighted by molar-refractivity contribution is 0.516. The van der Waals surface area contributed by atoms with E-state index >= 15 is 0 Å². The van der Waals surface area contributed by atoms with Gasteiger partial charge in [-0.25, -0.2) is 9.97 Å². The van der Waals surface area contributed by atoms with E-state index < -0.39 is 0 Å². The minimum Gasteiger partial charge on any atom is -0.351 e. The third-order valence-corrected chi connectivity index (χ3v) is 3.99. The van der Waals surface area contributed by atoms with Gasteiger partial charge in [0.1, 0.15) is 0 Å². The molecule has 1 aliphatic rings. The number of aromatic nitrogens is 4. The molecule has 3 rings (SSSR count). The van der Waals surface area contributed by atoms with Crippen LogP contribution in [0.15, 0.2) is 24.9 Å². The van der Waals surface area contributed by atoms with Crippen molar-refractivity contribution in [1.82, 2.24) is 19.1 Å². The van der Waals surface area contributed by atoms with Crippen LogP contribution in [0.1, 0.15) is 44.3 Å². The number of rotatable bonds is 5. The lowest BCUT2D eigenvalue weighted by atomic mass is 10.2. The molecule has 1 saturated carbocycles. The fourth-order valence-electron chi connectivity index (χ4n) is 3.06. The molecule has 0 spiro atoms. The summed E-state index contributed by atoms with van der Waals surface area (Å²) in [6.45, 7) is 5.15. The maximum absolute atomic E-state index is 4.65. The molecule has 20 heavy (non-hydrogen) atoms. The van der Waals surface area contributed by atoms with E-state index in [-0.39, 0.29) is 0 Å². The fraction of sp³-hybridized carbons (Fsp3) is 0.600. The molecule has 2 aromatic rings. The molecule has 0 aliphatic heterocycles. The smallest absolute Gasteiger partial charge is 0.203 e. The summed E-state index contributed by atoms with van der Waals surface area (Å²) in [5.41, 5.74) is 1.09. The van der Waals surface area contributed by atoms with Crippen LogP contribution in [-0.4, -0.2) is 25.1 Å². The van der Waals surface area contributed by atoms with Crippen molar-refractivity contribution in [2.45, 2.75) is 58.2 Å². The molecule has 2 aromatic heterocycles. The molecule has 1 atom stereocenters. The second kappa shape index (κ2) is 5.69. The third-order valence-electron chi connectivity index (χ3n) is 3.99. The van der Waals surface area contributed by atoms with Crippen LogP contribution in [0.3, 0.4) is 0 Å². The Morgan fingerprint density at radius 3 is 2.90 bits per heavy atom. The van der Waals surface area contributed by atoms with Gasteiger partial charge >= 0.3 is 0 Å². The molecular weight excluding hydrogens is 250 g/mol. The van der Waals surface area contributed by atoms with E-state index in [1.165, 1.54) is 25.7 Å². The number of imidazole rings is 2. The van der Waals surface area contributed by atoms with Gasteiger partial charge in [0.05, 0.1) is 12.0 Å². The minimum absolute atomic E-state index is 0.325. The summed E-state index contributed by atoms with van der Waals surface area (Å²) in [6.07, 6.45) is 13.1. The van der Waals surface area contributed by atoms with Crippen molar-refractivity contribution < 1.29 is 0 Å². The Balaban J connectivity index is 1.69. The van der Waals surface area contributed by atoms with Gasteiger partial charge in [-0.3, -0.25) is 0 Å². The van der Waals surface area contributed by atoms with Gasteiger partial charge in [0, 0.05) is 37.2 Å². The van der Waals surface area contributed by atoms with Crippen molar-refractivity contribution in [2.75, 3.05) is 5.32 Å². The second-order valence-corrected chi connectivity index (χ2v) is 5.86. The number of nitrogens with zero attached hydrogens (tertiary/aromatic N) is 4. The molecular formula is C15H23N5. The third kappa shape index (κ3) is 2.86. The molecule has 1 aliphatic carbocycles. The first-order valence-corrected chi connectivity index (χ1v) is 7.50. The van der Waals surface area contributed by atoms with Crippen LogP contribution >= 0.6 is 0 Å². The van der Waals surface area contributed by atoms with E-state index in [0.29, 0.717) is 12.1 Å². The maximum Gasteiger partial charge on any atom is 0.203 e. The van der Waals surface area contributed by atoms with E-state index in [1.807, 2.05) is 18.7 Å². The van der Waals surface area contributed by atoms with Crippen LogP contribution in [-0.2, 0) is 6.54 Å². The normalized spacial score (nSPS) is 17.5. The predicted molar refractivity (Wildman–Crippen MR) is 79.8 cm³/mol. The molecule has 0 amide bonds. The first-order chi connectivity index (χ1) is 9.72. The van der Waals surface area contributed by atoms with Crippen molar-refractivity contribution in [3.8, 4) is 0 Å². The Kier molecular flexibility index (Phi) is 3.76. The van der Waals surface area contributed by atoms with Gasteiger partial charge in [-0.15, -0.1) is 0 Å². The summed E-state index contributed by atoms with van der Waals surface area (Å²) in [4.78, 5) is 8.73. The Morgan fingerprint density at radius 2 is 2.20 bits per heavy atom. The number of anilines is 1. The standard InChI is InChI=1S/C15H23N5/c1-12(9-19-8-7-16-11-19)17-15-18-13(2)10-20(15)14-5-3-4-6-14/h7-8,10-12,14H,3-6,9H2,1-2H3,(H,17,18). The lowest BCUT2D eigenvalue weighted by Gasteiger charge is -2.19. The second-order valence-electron chi connectivity index (χ2n) is 5.86. The Labute approximate surface area is 120 Å². The van der Waals surface area contributed by atoms with Crippen LogP contribution in [0, 0.1) is 6.92 Å². The van der Waals surface area contributed by atoms with Gasteiger partial charge in [-0.1, -0.05) is 12.8 Å². The minimum atomic E-state index is 0.325. The van der Waals surface area contributed by atoms with Crippen molar-refractivity contribution >= 4 is 5.95 Å². The summed E-state index contributed by atoms with van der Waals surface area (Å²) in [5, 5.41) is 3.55. The zero-order valence-electron chi connectivity index (χ0n) is 12.3. The fourth-order valence-corrected chi connectivity index (χ4v) is 3.06. The highest BCUT2D eigenvalue weighted by Gasteiger charge is 2.20. The first-order valence-electron chi connectivity index (χ1n) is 7.50. The largest absolute Gasteiger partial charge is 0.351 e. The SMILES string of the molecule is Cc1cn(C2CCCC2)c(NC(C)Cn2ccnc2)n1. The van der Waals surface area contributed by atoms with Crippen molar-refractivity contribution in [1.29, 1.82) is 0 Å². The van der Waals surface area contributed by atoms with E-state index in [2.05, 4.69) is 44.5 Å². The van der Waals surface area contributed by atoms with E-state index in [1.54, 1.807) is 0 Å². The Hall–Kier alpha value is -1.78. The summed E-state index contributed by atoms with van der Waals surface area (Å²) in [7, 11) is 0. The van der Waals surface area contributed by atoms with Crippen molar-refractivity contribution in [3.63, 3.8) is 0 Å². The summed E-state index contributed by atoms with van der Waals surface area (Å²) in [6, 6.07) is 0.949. The first kappa shape index (κ1) is 13.2. The van der Waals surface area contributed by atoms with Gasteiger partial charge in [0.25, 0.3) is 0 Å². The van der Waals surface area contributed by atoms with Crippen LogP contribution in [0.4, 0.5) is 5.95 Å². The highest BCUT2D eigenvalue weighted by atomic mass is 15.2. The molecule has 1 N–H and O–H groups in total. The summed E-state index contributed by atoms with van der Waals surface area (Å²) in [5.74, 6) is 1.02. The van der Waals surface area contributed by atoms with Crippen LogP contribution < -0.4 is 5.32 Å². The highest BCUT2D eigenvalue weighted by molar-refractivity contribution is 5.31. The van der Waals surface area contributed by atoms with E-state index in [0.717, 1.165) is 18.2 Å². The van der Waals surface area contributed by atoms with Crippen LogP contribution in [0.5, 0.6) is 0 Å². The van der Waals surface area contributed by atoms with Gasteiger partial charge in [-0.05, 0) is 26.7 Å². The number of aryl methyl sites for hydroxylation is 1. The molecule has 5 heteroatoms. The van der Waals surface area contributed by atoms with Crippen molar-refractivity contribution in [2.24, 2.45) is 0 Å². The molecule has 5 nitrogen and oxygen atoms in total. The molecule has 0 saturated heterocycles.